The largest absolute Gasteiger partial charge is 0.357 e. The minimum absolute atomic E-state index is 0. The summed E-state index contributed by atoms with van der Waals surface area (Å²) in [5.74, 6) is 1.02. The van der Waals surface area contributed by atoms with E-state index in [1.807, 2.05) is 0 Å². The Kier molecular flexibility index (Phi) is 7.42. The molecule has 4 nitrogen and oxygen atoms in total. The first-order chi connectivity index (χ1) is 12.8. The second-order valence-corrected chi connectivity index (χ2v) is 8.54. The molecule has 4 rings (SSSR count). The summed E-state index contributed by atoms with van der Waals surface area (Å²) in [6, 6.07) is 12.4. The van der Waals surface area contributed by atoms with Gasteiger partial charge in [-0.1, -0.05) is 30.3 Å². The van der Waals surface area contributed by atoms with E-state index in [0.717, 1.165) is 31.5 Å². The summed E-state index contributed by atoms with van der Waals surface area (Å²) >= 11 is 0. The Morgan fingerprint density at radius 2 is 1.81 bits per heavy atom. The highest BCUT2D eigenvalue weighted by Crippen LogP contribution is 2.48. The molecule has 1 heterocycles. The van der Waals surface area contributed by atoms with Gasteiger partial charge in [0.2, 0.25) is 0 Å². The molecule has 1 aliphatic heterocycles. The van der Waals surface area contributed by atoms with Crippen molar-refractivity contribution in [2.75, 3.05) is 26.2 Å². The molecular formula is C22H35IN4. The summed E-state index contributed by atoms with van der Waals surface area (Å²) in [6.45, 7) is 6.53. The molecule has 2 N–H and O–H groups in total. The monoisotopic (exact) mass is 482 g/mol. The Bertz CT molecular complexity index is 602. The molecule has 150 valence electrons. The van der Waals surface area contributed by atoms with Crippen molar-refractivity contribution in [2.24, 2.45) is 10.4 Å². The lowest BCUT2D eigenvalue weighted by atomic mass is 9.97. The minimum Gasteiger partial charge on any atom is -0.357 e. The predicted octanol–water partition coefficient (Wildman–Crippen LogP) is 3.81. The maximum Gasteiger partial charge on any atom is 0.191 e. The highest BCUT2D eigenvalue weighted by atomic mass is 127. The van der Waals surface area contributed by atoms with Crippen molar-refractivity contribution in [3.8, 4) is 0 Å². The Balaban J connectivity index is 0.00000210. The van der Waals surface area contributed by atoms with Gasteiger partial charge in [-0.15, -0.1) is 24.0 Å². The highest BCUT2D eigenvalue weighted by Gasteiger charge is 2.42. The van der Waals surface area contributed by atoms with Crippen LogP contribution >= 0.6 is 24.0 Å². The number of benzene rings is 1. The van der Waals surface area contributed by atoms with Gasteiger partial charge in [-0.05, 0) is 62.8 Å². The zero-order chi connectivity index (χ0) is 17.8. The van der Waals surface area contributed by atoms with Crippen LogP contribution in [0.25, 0.3) is 0 Å². The van der Waals surface area contributed by atoms with Gasteiger partial charge in [0.1, 0.15) is 0 Å². The predicted molar refractivity (Wildman–Crippen MR) is 124 cm³/mol. The van der Waals surface area contributed by atoms with Crippen LogP contribution in [0.2, 0.25) is 0 Å². The van der Waals surface area contributed by atoms with E-state index in [2.05, 4.69) is 52.8 Å². The number of guanidine groups is 1. The van der Waals surface area contributed by atoms with E-state index in [0.29, 0.717) is 11.5 Å². The number of hydrogen-bond acceptors (Lipinski definition) is 2. The van der Waals surface area contributed by atoms with Gasteiger partial charge < -0.3 is 15.5 Å². The van der Waals surface area contributed by atoms with Crippen LogP contribution in [0.1, 0.15) is 51.0 Å². The smallest absolute Gasteiger partial charge is 0.191 e. The highest BCUT2D eigenvalue weighted by molar-refractivity contribution is 14.0. The number of halogens is 1. The molecule has 0 atom stereocenters. The summed E-state index contributed by atoms with van der Waals surface area (Å²) in [7, 11) is 0. The molecule has 0 unspecified atom stereocenters. The first-order valence-corrected chi connectivity index (χ1v) is 10.6. The standard InChI is InChI=1S/C22H34N4.HI/c1-2-23-21(25-19-10-14-26(15-11-19)20-8-9-20)24-17-22(12-13-22)16-18-6-4-3-5-7-18;/h3-7,19-20H,2,8-17H2,1H3,(H2,23,24,25);1H. The van der Waals surface area contributed by atoms with E-state index in [1.54, 1.807) is 0 Å². The Hall–Kier alpha value is -0.820. The van der Waals surface area contributed by atoms with Crippen molar-refractivity contribution in [3.05, 3.63) is 35.9 Å². The van der Waals surface area contributed by atoms with Crippen LogP contribution in [0.3, 0.4) is 0 Å². The first-order valence-electron chi connectivity index (χ1n) is 10.6. The minimum atomic E-state index is 0. The van der Waals surface area contributed by atoms with Gasteiger partial charge in [0, 0.05) is 38.3 Å². The second kappa shape index (κ2) is 9.59. The zero-order valence-electron chi connectivity index (χ0n) is 16.6. The van der Waals surface area contributed by atoms with E-state index in [4.69, 9.17) is 4.99 Å². The molecule has 0 radical (unpaired) electrons. The Morgan fingerprint density at radius 3 is 2.41 bits per heavy atom. The lowest BCUT2D eigenvalue weighted by Gasteiger charge is -2.33. The molecular weight excluding hydrogens is 447 g/mol. The molecule has 0 amide bonds. The molecule has 1 aromatic carbocycles. The number of hydrogen-bond donors (Lipinski definition) is 2. The summed E-state index contributed by atoms with van der Waals surface area (Å²) in [6.07, 6.45) is 9.12. The van der Waals surface area contributed by atoms with Crippen LogP contribution in [0.5, 0.6) is 0 Å². The second-order valence-electron chi connectivity index (χ2n) is 8.54. The SMILES string of the molecule is CCNC(=NCC1(Cc2ccccc2)CC1)NC1CCN(C2CC2)CC1.I. The van der Waals surface area contributed by atoms with Gasteiger partial charge in [-0.25, -0.2) is 0 Å². The summed E-state index contributed by atoms with van der Waals surface area (Å²) < 4.78 is 0. The number of nitrogens with one attached hydrogen (secondary N) is 2. The van der Waals surface area contributed by atoms with Gasteiger partial charge >= 0.3 is 0 Å². The lowest BCUT2D eigenvalue weighted by Crippen LogP contribution is -2.49. The maximum absolute atomic E-state index is 4.99. The Morgan fingerprint density at radius 1 is 1.11 bits per heavy atom. The van der Waals surface area contributed by atoms with Crippen molar-refractivity contribution in [3.63, 3.8) is 0 Å². The van der Waals surface area contributed by atoms with Crippen molar-refractivity contribution >= 4 is 29.9 Å². The quantitative estimate of drug-likeness (QED) is 0.353. The van der Waals surface area contributed by atoms with E-state index in [-0.39, 0.29) is 24.0 Å². The molecule has 3 fully saturated rings. The molecule has 2 aliphatic carbocycles. The molecule has 27 heavy (non-hydrogen) atoms. The average Bonchev–Trinajstić information content (AvgIpc) is 3.58. The number of nitrogens with zero attached hydrogens (tertiary/aromatic N) is 2. The van der Waals surface area contributed by atoms with Crippen molar-refractivity contribution < 1.29 is 0 Å². The van der Waals surface area contributed by atoms with Gasteiger partial charge in [-0.3, -0.25) is 4.99 Å². The number of likely N-dealkylation sites (tertiary alicyclic amines) is 1. The molecule has 1 aromatic rings. The number of piperidine rings is 1. The van der Waals surface area contributed by atoms with E-state index >= 15 is 0 Å². The third-order valence-electron chi connectivity index (χ3n) is 6.23. The fraction of sp³-hybridized carbons (Fsp3) is 0.682. The molecule has 0 aromatic heterocycles. The molecule has 0 spiro atoms. The van der Waals surface area contributed by atoms with Gasteiger partial charge in [-0.2, -0.15) is 0 Å². The third kappa shape index (κ3) is 6.08. The van der Waals surface area contributed by atoms with E-state index in [1.165, 1.54) is 57.2 Å². The maximum atomic E-state index is 4.99. The molecule has 3 aliphatic rings. The van der Waals surface area contributed by atoms with Crippen LogP contribution < -0.4 is 10.6 Å². The fourth-order valence-electron chi connectivity index (χ4n) is 4.21. The van der Waals surface area contributed by atoms with Crippen molar-refractivity contribution in [2.45, 2.75) is 64.0 Å². The molecule has 1 saturated heterocycles. The third-order valence-corrected chi connectivity index (χ3v) is 6.23. The van der Waals surface area contributed by atoms with Crippen LogP contribution in [-0.4, -0.2) is 49.1 Å². The van der Waals surface area contributed by atoms with Crippen molar-refractivity contribution in [1.29, 1.82) is 0 Å². The average molecular weight is 482 g/mol. The first kappa shape index (κ1) is 20.9. The molecule has 0 bridgehead atoms. The van der Waals surface area contributed by atoms with Crippen LogP contribution in [-0.2, 0) is 6.42 Å². The number of rotatable bonds is 7. The van der Waals surface area contributed by atoms with Gasteiger partial charge in [0.05, 0.1) is 0 Å². The fourth-order valence-corrected chi connectivity index (χ4v) is 4.21. The van der Waals surface area contributed by atoms with Crippen LogP contribution in [0.15, 0.2) is 35.3 Å². The molecule has 5 heteroatoms. The summed E-state index contributed by atoms with van der Waals surface area (Å²) in [5.41, 5.74) is 1.85. The normalized spacial score (nSPS) is 22.8. The molecule has 2 saturated carbocycles. The van der Waals surface area contributed by atoms with Gasteiger partial charge in [0.25, 0.3) is 0 Å². The van der Waals surface area contributed by atoms with Gasteiger partial charge in [0.15, 0.2) is 5.96 Å². The zero-order valence-corrected chi connectivity index (χ0v) is 19.0. The summed E-state index contributed by atoms with van der Waals surface area (Å²) in [4.78, 5) is 7.67. The number of aliphatic imine (C=N–C) groups is 1. The van der Waals surface area contributed by atoms with E-state index < -0.39 is 0 Å². The topological polar surface area (TPSA) is 39.7 Å². The lowest BCUT2D eigenvalue weighted by molar-refractivity contribution is 0.197. The van der Waals surface area contributed by atoms with Crippen LogP contribution in [0.4, 0.5) is 0 Å². The summed E-state index contributed by atoms with van der Waals surface area (Å²) in [5, 5.41) is 7.18. The Labute approximate surface area is 181 Å². The van der Waals surface area contributed by atoms with Crippen molar-refractivity contribution in [1.82, 2.24) is 15.5 Å². The van der Waals surface area contributed by atoms with E-state index in [9.17, 15) is 0 Å². The van der Waals surface area contributed by atoms with Crippen LogP contribution in [0, 0.1) is 5.41 Å².